The van der Waals surface area contributed by atoms with Crippen molar-refractivity contribution in [2.45, 2.75) is 13.5 Å². The molecule has 1 aromatic heterocycles. The number of furan rings is 1. The van der Waals surface area contributed by atoms with E-state index < -0.39 is 17.1 Å². The van der Waals surface area contributed by atoms with E-state index in [1.165, 1.54) is 26.4 Å². The highest BCUT2D eigenvalue weighted by Crippen LogP contribution is 2.38. The number of methoxy groups -OCH3 is 2. The molecule has 0 radical (unpaired) electrons. The van der Waals surface area contributed by atoms with Crippen LogP contribution in [-0.2, 0) is 16.1 Å². The molecule has 0 spiro atoms. The molecule has 1 aliphatic heterocycles. The molecule has 1 aromatic carbocycles. The largest absolute Gasteiger partial charge is 0.493 e. The van der Waals surface area contributed by atoms with Crippen LogP contribution in [0.1, 0.15) is 28.8 Å². The molecule has 3 rings (SSSR count). The summed E-state index contributed by atoms with van der Waals surface area (Å²) in [6.07, 6.45) is 1.61. The molecule has 8 nitrogen and oxygen atoms in total. The standard InChI is InChI=1S/C20H18BrNO7S/c1-4-28-16-9-13(21)11(7-15(16)26-2)8-17-18(23)22(20(25)30-17)10-12-5-6-14(29-12)19(24)27-3/h5-9H,4,10H2,1-3H3. The van der Waals surface area contributed by atoms with Crippen molar-refractivity contribution in [1.29, 1.82) is 0 Å². The summed E-state index contributed by atoms with van der Waals surface area (Å²) in [6.45, 7) is 2.25. The monoisotopic (exact) mass is 495 g/mol. The number of amides is 2. The summed E-state index contributed by atoms with van der Waals surface area (Å²) in [5.74, 6) is 0.279. The van der Waals surface area contributed by atoms with E-state index in [0.29, 0.717) is 33.9 Å². The lowest BCUT2D eigenvalue weighted by Gasteiger charge is -2.12. The highest BCUT2D eigenvalue weighted by molar-refractivity contribution is 9.10. The SMILES string of the molecule is CCOc1cc(Br)c(C=C2SC(=O)N(Cc3ccc(C(=O)OC)o3)C2=O)cc1OC. The summed E-state index contributed by atoms with van der Waals surface area (Å²) in [6, 6.07) is 6.42. The molecule has 1 aliphatic rings. The maximum absolute atomic E-state index is 12.8. The van der Waals surface area contributed by atoms with Crippen molar-refractivity contribution in [3.05, 3.63) is 50.7 Å². The van der Waals surface area contributed by atoms with Gasteiger partial charge < -0.3 is 18.6 Å². The first-order chi connectivity index (χ1) is 14.4. The summed E-state index contributed by atoms with van der Waals surface area (Å²) in [4.78, 5) is 37.9. The topological polar surface area (TPSA) is 95.3 Å². The number of nitrogens with zero attached hydrogens (tertiary/aromatic N) is 1. The molecular formula is C20H18BrNO7S. The third kappa shape index (κ3) is 4.54. The number of thioether (sulfide) groups is 1. The molecule has 158 valence electrons. The Hall–Kier alpha value is -2.72. The van der Waals surface area contributed by atoms with Gasteiger partial charge in [-0.3, -0.25) is 14.5 Å². The van der Waals surface area contributed by atoms with E-state index in [1.54, 1.807) is 18.2 Å². The highest BCUT2D eigenvalue weighted by Gasteiger charge is 2.36. The van der Waals surface area contributed by atoms with Gasteiger partial charge in [-0.25, -0.2) is 4.79 Å². The minimum Gasteiger partial charge on any atom is -0.493 e. The number of ether oxygens (including phenoxy) is 3. The van der Waals surface area contributed by atoms with E-state index in [0.717, 1.165) is 16.7 Å². The lowest BCUT2D eigenvalue weighted by Crippen LogP contribution is -2.27. The maximum Gasteiger partial charge on any atom is 0.373 e. The van der Waals surface area contributed by atoms with Crippen molar-refractivity contribution in [3.8, 4) is 11.5 Å². The second kappa shape index (κ2) is 9.40. The first kappa shape index (κ1) is 22.0. The zero-order valence-electron chi connectivity index (χ0n) is 16.4. The Morgan fingerprint density at radius 1 is 1.23 bits per heavy atom. The number of carbonyl (C=O) groups is 3. The summed E-state index contributed by atoms with van der Waals surface area (Å²) in [5.41, 5.74) is 0.659. The predicted molar refractivity (Wildman–Crippen MR) is 113 cm³/mol. The highest BCUT2D eigenvalue weighted by atomic mass is 79.9. The zero-order valence-corrected chi connectivity index (χ0v) is 18.8. The molecule has 1 fully saturated rings. The smallest absolute Gasteiger partial charge is 0.373 e. The predicted octanol–water partition coefficient (Wildman–Crippen LogP) is 4.47. The molecule has 2 amide bonds. The van der Waals surface area contributed by atoms with Crippen LogP contribution in [0.15, 0.2) is 38.1 Å². The van der Waals surface area contributed by atoms with Crippen LogP contribution in [-0.4, -0.2) is 42.8 Å². The van der Waals surface area contributed by atoms with Gasteiger partial charge in [-0.15, -0.1) is 0 Å². The Balaban J connectivity index is 1.83. The fourth-order valence-corrected chi connectivity index (χ4v) is 3.96. The van der Waals surface area contributed by atoms with Crippen LogP contribution in [0.2, 0.25) is 0 Å². The second-order valence-corrected chi connectivity index (χ2v) is 7.83. The Kier molecular flexibility index (Phi) is 6.88. The number of hydrogen-bond donors (Lipinski definition) is 0. The molecular weight excluding hydrogens is 478 g/mol. The van der Waals surface area contributed by atoms with Crippen LogP contribution in [0.3, 0.4) is 0 Å². The molecule has 2 aromatic rings. The van der Waals surface area contributed by atoms with Gasteiger partial charge >= 0.3 is 5.97 Å². The van der Waals surface area contributed by atoms with Gasteiger partial charge in [0.15, 0.2) is 11.5 Å². The van der Waals surface area contributed by atoms with Crippen molar-refractivity contribution in [2.75, 3.05) is 20.8 Å². The number of imide groups is 1. The molecule has 2 heterocycles. The summed E-state index contributed by atoms with van der Waals surface area (Å²) in [7, 11) is 2.76. The van der Waals surface area contributed by atoms with Crippen LogP contribution in [0.5, 0.6) is 11.5 Å². The molecule has 1 saturated heterocycles. The van der Waals surface area contributed by atoms with Crippen molar-refractivity contribution in [3.63, 3.8) is 0 Å². The minimum atomic E-state index is -0.635. The molecule has 0 aliphatic carbocycles. The van der Waals surface area contributed by atoms with Crippen LogP contribution in [0, 0.1) is 0 Å². The normalized spacial score (nSPS) is 15.1. The van der Waals surface area contributed by atoms with Crippen LogP contribution in [0.25, 0.3) is 6.08 Å². The van der Waals surface area contributed by atoms with E-state index in [4.69, 9.17) is 13.9 Å². The van der Waals surface area contributed by atoms with Crippen LogP contribution in [0.4, 0.5) is 4.79 Å². The molecule has 0 N–H and O–H groups in total. The van der Waals surface area contributed by atoms with Crippen molar-refractivity contribution in [1.82, 2.24) is 4.90 Å². The third-order valence-corrected chi connectivity index (χ3v) is 5.70. The van der Waals surface area contributed by atoms with Gasteiger partial charge in [0, 0.05) is 4.47 Å². The van der Waals surface area contributed by atoms with Crippen molar-refractivity contribution >= 4 is 50.9 Å². The van der Waals surface area contributed by atoms with Crippen molar-refractivity contribution < 1.29 is 33.0 Å². The van der Waals surface area contributed by atoms with E-state index in [-0.39, 0.29) is 17.2 Å². The Labute approximate surface area is 185 Å². The molecule has 10 heteroatoms. The van der Waals surface area contributed by atoms with Gasteiger partial charge in [-0.05, 0) is 54.6 Å². The molecule has 0 bridgehead atoms. The maximum atomic E-state index is 12.8. The van der Waals surface area contributed by atoms with E-state index in [9.17, 15) is 14.4 Å². The number of benzene rings is 1. The average molecular weight is 496 g/mol. The summed E-state index contributed by atoms with van der Waals surface area (Å²) >= 11 is 4.28. The summed E-state index contributed by atoms with van der Waals surface area (Å²) in [5, 5.41) is -0.434. The van der Waals surface area contributed by atoms with Crippen molar-refractivity contribution in [2.24, 2.45) is 0 Å². The molecule has 0 unspecified atom stereocenters. The Morgan fingerprint density at radius 2 is 2.00 bits per heavy atom. The fraction of sp³-hybridized carbons (Fsp3) is 0.250. The first-order valence-corrected chi connectivity index (χ1v) is 10.4. The van der Waals surface area contributed by atoms with Gasteiger partial charge in [-0.2, -0.15) is 0 Å². The minimum absolute atomic E-state index is 0.000395. The van der Waals surface area contributed by atoms with Gasteiger partial charge in [-0.1, -0.05) is 15.9 Å². The zero-order chi connectivity index (χ0) is 21.8. The van der Waals surface area contributed by atoms with E-state index >= 15 is 0 Å². The first-order valence-electron chi connectivity index (χ1n) is 8.80. The Morgan fingerprint density at radius 3 is 2.67 bits per heavy atom. The lowest BCUT2D eigenvalue weighted by molar-refractivity contribution is -0.123. The molecule has 30 heavy (non-hydrogen) atoms. The van der Waals surface area contributed by atoms with E-state index in [2.05, 4.69) is 20.7 Å². The van der Waals surface area contributed by atoms with Gasteiger partial charge in [0.2, 0.25) is 5.76 Å². The number of hydrogen-bond acceptors (Lipinski definition) is 8. The van der Waals surface area contributed by atoms with Gasteiger partial charge in [0.25, 0.3) is 11.1 Å². The molecule has 0 atom stereocenters. The quantitative estimate of drug-likeness (QED) is 0.409. The van der Waals surface area contributed by atoms with Gasteiger partial charge in [0.1, 0.15) is 5.76 Å². The molecule has 0 saturated carbocycles. The van der Waals surface area contributed by atoms with E-state index in [1.807, 2.05) is 6.92 Å². The van der Waals surface area contributed by atoms with Crippen LogP contribution >= 0.6 is 27.7 Å². The third-order valence-electron chi connectivity index (χ3n) is 4.11. The number of esters is 1. The lowest BCUT2D eigenvalue weighted by atomic mass is 10.2. The Bertz CT molecular complexity index is 1030. The summed E-state index contributed by atoms with van der Waals surface area (Å²) < 4.78 is 21.5. The number of carbonyl (C=O) groups excluding carboxylic acids is 3. The second-order valence-electron chi connectivity index (χ2n) is 5.98. The average Bonchev–Trinajstić information content (AvgIpc) is 3.30. The fourth-order valence-electron chi connectivity index (χ4n) is 2.70. The number of halogens is 1. The van der Waals surface area contributed by atoms with Crippen LogP contribution < -0.4 is 9.47 Å². The number of rotatable bonds is 7. The van der Waals surface area contributed by atoms with Gasteiger partial charge in [0.05, 0.1) is 32.3 Å².